The van der Waals surface area contributed by atoms with Crippen molar-refractivity contribution in [2.75, 3.05) is 7.05 Å². The predicted octanol–water partition coefficient (Wildman–Crippen LogP) is 1.53. The van der Waals surface area contributed by atoms with E-state index >= 15 is 0 Å². The van der Waals surface area contributed by atoms with E-state index in [1.165, 1.54) is 29.8 Å². The Kier molecular flexibility index (Phi) is 4.72. The van der Waals surface area contributed by atoms with Gasteiger partial charge in [-0.1, -0.05) is 19.0 Å². The van der Waals surface area contributed by atoms with Crippen molar-refractivity contribution in [1.82, 2.24) is 19.0 Å². The maximum atomic E-state index is 12.8. The van der Waals surface area contributed by atoms with Gasteiger partial charge in [0.2, 0.25) is 15.9 Å². The van der Waals surface area contributed by atoms with Crippen molar-refractivity contribution in [3.05, 3.63) is 40.5 Å². The Bertz CT molecular complexity index is 1090. The van der Waals surface area contributed by atoms with Crippen LogP contribution in [0.2, 0.25) is 0 Å². The van der Waals surface area contributed by atoms with Crippen LogP contribution in [0.5, 0.6) is 0 Å². The second-order valence-electron chi connectivity index (χ2n) is 6.52. The van der Waals surface area contributed by atoms with Crippen LogP contribution in [-0.4, -0.2) is 34.5 Å². The van der Waals surface area contributed by atoms with Crippen molar-refractivity contribution >= 4 is 21.1 Å². The summed E-state index contributed by atoms with van der Waals surface area (Å²) in [5.41, 5.74) is 0.735. The van der Waals surface area contributed by atoms with E-state index in [9.17, 15) is 13.2 Å². The molecule has 0 radical (unpaired) electrons. The van der Waals surface area contributed by atoms with Gasteiger partial charge in [0.25, 0.3) is 0 Å². The van der Waals surface area contributed by atoms with Gasteiger partial charge < -0.3 is 8.94 Å². The largest absolute Gasteiger partial charge is 0.419 e. The number of nitrogens with zero attached hydrogens (tertiary/aromatic N) is 4. The van der Waals surface area contributed by atoms with Gasteiger partial charge in [-0.05, 0) is 18.1 Å². The zero-order valence-electron chi connectivity index (χ0n) is 15.0. The SMILES string of the molecule is CC(C)Cc1nc(CN(C)S(=O)(=O)c2ccc3c(c2)oc(=O)n3C)no1. The first-order valence-corrected chi connectivity index (χ1v) is 9.50. The first-order chi connectivity index (χ1) is 12.2. The lowest BCUT2D eigenvalue weighted by Crippen LogP contribution is -2.27. The lowest BCUT2D eigenvalue weighted by Gasteiger charge is -2.15. The van der Waals surface area contributed by atoms with Gasteiger partial charge in [0.1, 0.15) is 0 Å². The Hall–Kier alpha value is -2.46. The van der Waals surface area contributed by atoms with Crippen LogP contribution in [-0.2, 0) is 30.0 Å². The molecule has 9 nitrogen and oxygen atoms in total. The summed E-state index contributed by atoms with van der Waals surface area (Å²) >= 11 is 0. The molecule has 1 aromatic carbocycles. The fraction of sp³-hybridized carbons (Fsp3) is 0.438. The minimum Gasteiger partial charge on any atom is -0.408 e. The standard InChI is InChI=1S/C16H20N4O5S/c1-10(2)7-15-17-14(18-25-15)9-19(3)26(22,23)11-5-6-12-13(8-11)24-16(21)20(12)4/h5-6,8,10H,7,9H2,1-4H3. The van der Waals surface area contributed by atoms with Crippen molar-refractivity contribution in [3.8, 4) is 0 Å². The lowest BCUT2D eigenvalue weighted by molar-refractivity contribution is 0.353. The van der Waals surface area contributed by atoms with Gasteiger partial charge >= 0.3 is 5.76 Å². The monoisotopic (exact) mass is 380 g/mol. The summed E-state index contributed by atoms with van der Waals surface area (Å²) in [5.74, 6) is 0.580. The van der Waals surface area contributed by atoms with E-state index in [1.54, 1.807) is 7.05 Å². The quantitative estimate of drug-likeness (QED) is 0.637. The number of oxazole rings is 1. The zero-order chi connectivity index (χ0) is 19.1. The molecule has 0 aliphatic heterocycles. The Morgan fingerprint density at radius 2 is 2.04 bits per heavy atom. The summed E-state index contributed by atoms with van der Waals surface area (Å²) in [7, 11) is -0.821. The molecular weight excluding hydrogens is 360 g/mol. The number of rotatable bonds is 6. The first-order valence-electron chi connectivity index (χ1n) is 8.06. The normalized spacial score (nSPS) is 12.5. The Balaban J connectivity index is 1.85. The van der Waals surface area contributed by atoms with Crippen molar-refractivity contribution in [2.24, 2.45) is 13.0 Å². The zero-order valence-corrected chi connectivity index (χ0v) is 15.8. The molecule has 0 unspecified atom stereocenters. The van der Waals surface area contributed by atoms with E-state index in [0.717, 1.165) is 4.31 Å². The second-order valence-corrected chi connectivity index (χ2v) is 8.56. The van der Waals surface area contributed by atoms with Crippen molar-refractivity contribution < 1.29 is 17.4 Å². The third-order valence-corrected chi connectivity index (χ3v) is 5.73. The molecular formula is C16H20N4O5S. The molecule has 0 aliphatic carbocycles. The molecule has 26 heavy (non-hydrogen) atoms. The van der Waals surface area contributed by atoms with Crippen LogP contribution >= 0.6 is 0 Å². The topological polar surface area (TPSA) is 111 Å². The number of aromatic nitrogens is 3. The van der Waals surface area contributed by atoms with E-state index in [4.69, 9.17) is 8.94 Å². The summed E-state index contributed by atoms with van der Waals surface area (Å²) in [5, 5.41) is 3.83. The molecule has 3 rings (SSSR count). The summed E-state index contributed by atoms with van der Waals surface area (Å²) in [4.78, 5) is 15.8. The molecule has 0 saturated heterocycles. The minimum atomic E-state index is -3.81. The number of benzene rings is 1. The van der Waals surface area contributed by atoms with E-state index in [0.29, 0.717) is 29.6 Å². The average molecular weight is 380 g/mol. The molecule has 0 aliphatic rings. The first kappa shape index (κ1) is 18.3. The van der Waals surface area contributed by atoms with Crippen LogP contribution in [0, 0.1) is 5.92 Å². The molecule has 10 heteroatoms. The number of sulfonamides is 1. The highest BCUT2D eigenvalue weighted by Crippen LogP contribution is 2.21. The third kappa shape index (κ3) is 3.42. The smallest absolute Gasteiger partial charge is 0.408 e. The van der Waals surface area contributed by atoms with E-state index in [2.05, 4.69) is 10.1 Å². The molecule has 0 saturated carbocycles. The van der Waals surface area contributed by atoms with Gasteiger partial charge in [0, 0.05) is 26.6 Å². The van der Waals surface area contributed by atoms with Crippen LogP contribution < -0.4 is 5.76 Å². The molecule has 0 spiro atoms. The average Bonchev–Trinajstić information content (AvgIpc) is 3.11. The molecule has 3 aromatic rings. The maximum absolute atomic E-state index is 12.8. The van der Waals surface area contributed by atoms with Crippen molar-refractivity contribution in [1.29, 1.82) is 0 Å². The molecule has 0 fully saturated rings. The summed E-state index contributed by atoms with van der Waals surface area (Å²) in [6.07, 6.45) is 0.632. The summed E-state index contributed by atoms with van der Waals surface area (Å²) in [6, 6.07) is 4.31. The van der Waals surface area contributed by atoms with Gasteiger partial charge in [-0.3, -0.25) is 4.57 Å². The van der Waals surface area contributed by atoms with E-state index in [1.807, 2.05) is 13.8 Å². The number of hydrogen-bond donors (Lipinski definition) is 0. The van der Waals surface area contributed by atoms with Crippen molar-refractivity contribution in [3.63, 3.8) is 0 Å². The molecule has 0 atom stereocenters. The molecule has 140 valence electrons. The van der Waals surface area contributed by atoms with Gasteiger partial charge in [-0.15, -0.1) is 0 Å². The maximum Gasteiger partial charge on any atom is 0.419 e. The molecule has 0 bridgehead atoms. The van der Waals surface area contributed by atoms with Crippen LogP contribution in [0.1, 0.15) is 25.6 Å². The highest BCUT2D eigenvalue weighted by atomic mass is 32.2. The number of aryl methyl sites for hydroxylation is 1. The van der Waals surface area contributed by atoms with Crippen LogP contribution in [0.25, 0.3) is 11.1 Å². The fourth-order valence-electron chi connectivity index (χ4n) is 2.53. The van der Waals surface area contributed by atoms with Crippen molar-refractivity contribution in [2.45, 2.75) is 31.7 Å². The van der Waals surface area contributed by atoms with Crippen LogP contribution in [0.15, 0.2) is 36.8 Å². The lowest BCUT2D eigenvalue weighted by atomic mass is 10.1. The summed E-state index contributed by atoms with van der Waals surface area (Å²) < 4.78 is 38.2. The molecule has 2 aromatic heterocycles. The Labute approximate surface area is 150 Å². The minimum absolute atomic E-state index is 0.0211. The van der Waals surface area contributed by atoms with Gasteiger partial charge in [-0.25, -0.2) is 13.2 Å². The molecule has 2 heterocycles. The fourth-order valence-corrected chi connectivity index (χ4v) is 3.67. The van der Waals surface area contributed by atoms with Crippen LogP contribution in [0.4, 0.5) is 0 Å². The third-order valence-electron chi connectivity index (χ3n) is 3.93. The summed E-state index contributed by atoms with van der Waals surface area (Å²) in [6.45, 7) is 4.03. The highest BCUT2D eigenvalue weighted by Gasteiger charge is 2.24. The van der Waals surface area contributed by atoms with Gasteiger partial charge in [0.05, 0.1) is 17.0 Å². The second kappa shape index (κ2) is 6.69. The number of hydrogen-bond acceptors (Lipinski definition) is 7. The van der Waals surface area contributed by atoms with Gasteiger partial charge in [0.15, 0.2) is 11.4 Å². The highest BCUT2D eigenvalue weighted by molar-refractivity contribution is 7.89. The van der Waals surface area contributed by atoms with E-state index < -0.39 is 15.8 Å². The number of fused-ring (bicyclic) bond motifs is 1. The van der Waals surface area contributed by atoms with E-state index in [-0.39, 0.29) is 17.0 Å². The molecule has 0 amide bonds. The van der Waals surface area contributed by atoms with Gasteiger partial charge in [-0.2, -0.15) is 9.29 Å². The Morgan fingerprint density at radius 3 is 2.73 bits per heavy atom. The van der Waals surface area contributed by atoms with Crippen LogP contribution in [0.3, 0.4) is 0 Å². The predicted molar refractivity (Wildman–Crippen MR) is 92.9 cm³/mol. The molecule has 0 N–H and O–H groups in total. The Morgan fingerprint density at radius 1 is 1.31 bits per heavy atom.